The molecule has 156 valence electrons. The maximum absolute atomic E-state index is 13.6. The highest BCUT2D eigenvalue weighted by atomic mass is 35.5. The molecule has 0 saturated heterocycles. The van der Waals surface area contributed by atoms with Gasteiger partial charge in [-0.05, 0) is 41.8 Å². The molecule has 4 aromatic rings. The molecule has 2 aromatic carbocycles. The average Bonchev–Trinajstić information content (AvgIpc) is 2.81. The zero-order chi connectivity index (χ0) is 21.6. The fourth-order valence-corrected chi connectivity index (χ4v) is 3.46. The number of anilines is 1. The van der Waals surface area contributed by atoms with Gasteiger partial charge in [-0.2, -0.15) is 0 Å². The Hall–Kier alpha value is -3.35. The van der Waals surface area contributed by atoms with Gasteiger partial charge in [-0.15, -0.1) is 0 Å². The maximum Gasteiger partial charge on any atom is 0.223 e. The number of pyridine rings is 1. The van der Waals surface area contributed by atoms with Crippen LogP contribution in [0.25, 0.3) is 22.4 Å². The lowest BCUT2D eigenvalue weighted by Gasteiger charge is -2.15. The van der Waals surface area contributed by atoms with Crippen LogP contribution in [0.15, 0.2) is 79.3 Å². The van der Waals surface area contributed by atoms with Gasteiger partial charge in [-0.25, -0.2) is 14.4 Å². The third-order valence-corrected chi connectivity index (χ3v) is 5.13. The number of aromatic nitrogens is 3. The number of halogens is 2. The van der Waals surface area contributed by atoms with E-state index in [2.05, 4.69) is 27.4 Å². The molecule has 2 heterocycles. The average molecular weight is 434 g/mol. The summed E-state index contributed by atoms with van der Waals surface area (Å²) in [6.07, 6.45) is 5.85. The lowest BCUT2D eigenvalue weighted by molar-refractivity contribution is 0.628. The summed E-state index contributed by atoms with van der Waals surface area (Å²) in [5.74, 6) is -0.00484. The molecule has 4 rings (SSSR count). The quantitative estimate of drug-likeness (QED) is 0.430. The van der Waals surface area contributed by atoms with Gasteiger partial charge in [-0.3, -0.25) is 4.98 Å². The number of rotatable bonds is 7. The van der Waals surface area contributed by atoms with Crippen LogP contribution in [0.2, 0.25) is 5.02 Å². The minimum Gasteiger partial charge on any atom is -0.353 e. The first kappa shape index (κ1) is 20.9. The van der Waals surface area contributed by atoms with Gasteiger partial charge in [0.05, 0.1) is 10.7 Å². The first-order chi connectivity index (χ1) is 15.1. The molecule has 0 radical (unpaired) electrons. The summed E-state index contributed by atoms with van der Waals surface area (Å²) in [6, 6.07) is 18.3. The Morgan fingerprint density at radius 1 is 1.00 bits per heavy atom. The van der Waals surface area contributed by atoms with E-state index in [1.54, 1.807) is 30.7 Å². The van der Waals surface area contributed by atoms with Crippen LogP contribution >= 0.6 is 11.6 Å². The molecule has 0 unspecified atom stereocenters. The third kappa shape index (κ3) is 5.23. The predicted molar refractivity (Wildman–Crippen MR) is 122 cm³/mol. The van der Waals surface area contributed by atoms with Crippen molar-refractivity contribution in [2.24, 2.45) is 5.73 Å². The van der Waals surface area contributed by atoms with Crippen LogP contribution in [0.4, 0.5) is 10.3 Å². The van der Waals surface area contributed by atoms with Crippen molar-refractivity contribution in [3.05, 3.63) is 95.7 Å². The molecule has 0 spiro atoms. The number of nitrogens with one attached hydrogen (secondary N) is 1. The number of hydrogen-bond donors (Lipinski definition) is 2. The van der Waals surface area contributed by atoms with E-state index in [1.807, 2.05) is 30.3 Å². The molecule has 3 N–H and O–H groups in total. The Morgan fingerprint density at radius 2 is 1.77 bits per heavy atom. The van der Waals surface area contributed by atoms with Gasteiger partial charge in [0.2, 0.25) is 5.95 Å². The van der Waals surface area contributed by atoms with Gasteiger partial charge in [0, 0.05) is 42.3 Å². The summed E-state index contributed by atoms with van der Waals surface area (Å²) >= 11 is 5.99. The molecule has 0 amide bonds. The van der Waals surface area contributed by atoms with Crippen LogP contribution in [-0.4, -0.2) is 27.5 Å². The second-order valence-electron chi connectivity index (χ2n) is 7.15. The Bertz CT molecular complexity index is 1160. The lowest BCUT2D eigenvalue weighted by Crippen LogP contribution is -2.31. The highest BCUT2D eigenvalue weighted by Gasteiger charge is 2.14. The highest BCUT2D eigenvalue weighted by Crippen LogP contribution is 2.32. The summed E-state index contributed by atoms with van der Waals surface area (Å²) in [4.78, 5) is 13.2. The fraction of sp³-hybridized carbons (Fsp3) is 0.125. The SMILES string of the molecule is N[C@@H](CNc1ncc(-c2ccc(F)c(Cl)c2)c(-c2ccncc2)n1)Cc1ccccc1. The van der Waals surface area contributed by atoms with Crippen molar-refractivity contribution in [2.75, 3.05) is 11.9 Å². The topological polar surface area (TPSA) is 76.7 Å². The Morgan fingerprint density at radius 3 is 2.52 bits per heavy atom. The van der Waals surface area contributed by atoms with Crippen molar-refractivity contribution in [3.8, 4) is 22.4 Å². The van der Waals surface area contributed by atoms with Gasteiger partial charge in [0.25, 0.3) is 0 Å². The molecule has 5 nitrogen and oxygen atoms in total. The first-order valence-electron chi connectivity index (χ1n) is 9.86. The standard InChI is InChI=1S/C24H21ClFN5/c25-21-13-18(6-7-22(21)26)20-15-30-24(31-23(20)17-8-10-28-11-9-17)29-14-19(27)12-16-4-2-1-3-5-16/h1-11,13,15,19H,12,14,27H2,(H,29,30,31)/t19-/m1/s1. The van der Waals surface area contributed by atoms with E-state index in [0.717, 1.165) is 23.1 Å². The summed E-state index contributed by atoms with van der Waals surface area (Å²) < 4.78 is 13.6. The van der Waals surface area contributed by atoms with Crippen molar-refractivity contribution in [3.63, 3.8) is 0 Å². The van der Waals surface area contributed by atoms with E-state index >= 15 is 0 Å². The second-order valence-corrected chi connectivity index (χ2v) is 7.56. The van der Waals surface area contributed by atoms with Gasteiger partial charge in [-0.1, -0.05) is 48.0 Å². The lowest BCUT2D eigenvalue weighted by atomic mass is 10.0. The molecular weight excluding hydrogens is 413 g/mol. The summed E-state index contributed by atoms with van der Waals surface area (Å²) in [7, 11) is 0. The Balaban J connectivity index is 1.59. The smallest absolute Gasteiger partial charge is 0.223 e. The van der Waals surface area contributed by atoms with Crippen molar-refractivity contribution in [1.29, 1.82) is 0 Å². The molecule has 0 aliphatic rings. The number of hydrogen-bond acceptors (Lipinski definition) is 5. The van der Waals surface area contributed by atoms with Crippen LogP contribution in [0, 0.1) is 5.82 Å². The van der Waals surface area contributed by atoms with Crippen molar-refractivity contribution in [1.82, 2.24) is 15.0 Å². The summed E-state index contributed by atoms with van der Waals surface area (Å²) in [6.45, 7) is 0.520. The van der Waals surface area contributed by atoms with E-state index in [1.165, 1.54) is 11.6 Å². The molecular formula is C24H21ClFN5. The largest absolute Gasteiger partial charge is 0.353 e. The molecule has 0 aliphatic carbocycles. The first-order valence-corrected chi connectivity index (χ1v) is 10.2. The van der Waals surface area contributed by atoms with Crippen LogP contribution in [0.5, 0.6) is 0 Å². The predicted octanol–water partition coefficient (Wildman–Crippen LogP) is 4.98. The third-order valence-electron chi connectivity index (χ3n) is 4.84. The summed E-state index contributed by atoms with van der Waals surface area (Å²) in [5.41, 5.74) is 10.5. The second kappa shape index (κ2) is 9.64. The molecule has 7 heteroatoms. The maximum atomic E-state index is 13.6. The fourth-order valence-electron chi connectivity index (χ4n) is 3.28. The molecule has 0 bridgehead atoms. The van der Waals surface area contributed by atoms with E-state index in [0.29, 0.717) is 18.2 Å². The molecule has 0 fully saturated rings. The van der Waals surface area contributed by atoms with E-state index in [4.69, 9.17) is 22.3 Å². The highest BCUT2D eigenvalue weighted by molar-refractivity contribution is 6.31. The number of nitrogens with two attached hydrogens (primary N) is 1. The minimum atomic E-state index is -0.470. The zero-order valence-electron chi connectivity index (χ0n) is 16.7. The van der Waals surface area contributed by atoms with Crippen molar-refractivity contribution in [2.45, 2.75) is 12.5 Å². The molecule has 2 aromatic heterocycles. The van der Waals surface area contributed by atoms with Crippen LogP contribution < -0.4 is 11.1 Å². The normalized spacial score (nSPS) is 11.8. The number of nitrogens with zero attached hydrogens (tertiary/aromatic N) is 3. The molecule has 0 aliphatic heterocycles. The van der Waals surface area contributed by atoms with Crippen molar-refractivity contribution >= 4 is 17.5 Å². The molecule has 1 atom stereocenters. The van der Waals surface area contributed by atoms with Crippen LogP contribution in [-0.2, 0) is 6.42 Å². The molecule has 31 heavy (non-hydrogen) atoms. The summed E-state index contributed by atoms with van der Waals surface area (Å²) in [5, 5.41) is 3.27. The Labute approximate surface area is 185 Å². The van der Waals surface area contributed by atoms with Gasteiger partial charge >= 0.3 is 0 Å². The van der Waals surface area contributed by atoms with E-state index in [-0.39, 0.29) is 11.1 Å². The van der Waals surface area contributed by atoms with E-state index < -0.39 is 5.82 Å². The molecule has 0 saturated carbocycles. The van der Waals surface area contributed by atoms with Gasteiger partial charge < -0.3 is 11.1 Å². The van der Waals surface area contributed by atoms with Crippen LogP contribution in [0.1, 0.15) is 5.56 Å². The van der Waals surface area contributed by atoms with Gasteiger partial charge in [0.1, 0.15) is 5.82 Å². The van der Waals surface area contributed by atoms with E-state index in [9.17, 15) is 4.39 Å². The van der Waals surface area contributed by atoms with Crippen LogP contribution in [0.3, 0.4) is 0 Å². The van der Waals surface area contributed by atoms with Gasteiger partial charge in [0.15, 0.2) is 0 Å². The Kier molecular flexibility index (Phi) is 6.50. The number of benzene rings is 2. The minimum absolute atomic E-state index is 0.0484. The zero-order valence-corrected chi connectivity index (χ0v) is 17.4. The monoisotopic (exact) mass is 433 g/mol. The van der Waals surface area contributed by atoms with Crippen molar-refractivity contribution < 1.29 is 4.39 Å².